The summed E-state index contributed by atoms with van der Waals surface area (Å²) < 4.78 is 0. The van der Waals surface area contributed by atoms with Gasteiger partial charge in [0.25, 0.3) is 5.91 Å². The largest absolute Gasteiger partial charge is 0.353 e. The number of rotatable bonds is 3. The summed E-state index contributed by atoms with van der Waals surface area (Å²) >= 11 is 0. The minimum absolute atomic E-state index is 0.0481. The normalized spacial score (nSPS) is 18.6. The highest BCUT2D eigenvalue weighted by Crippen LogP contribution is 2.16. The molecule has 0 bridgehead atoms. The van der Waals surface area contributed by atoms with Crippen LogP contribution in [0.25, 0.3) is 0 Å². The van der Waals surface area contributed by atoms with Crippen molar-refractivity contribution < 1.29 is 4.79 Å². The zero-order chi connectivity index (χ0) is 18.6. The highest BCUT2D eigenvalue weighted by Gasteiger charge is 2.24. The van der Waals surface area contributed by atoms with E-state index in [-0.39, 0.29) is 5.91 Å². The molecule has 27 heavy (non-hydrogen) atoms. The minimum atomic E-state index is -0.0481. The lowest BCUT2D eigenvalue weighted by atomic mass is 10.2. The monoisotopic (exact) mass is 367 g/mol. The maximum absolute atomic E-state index is 12.7. The Balaban J connectivity index is 1.35. The molecule has 4 heterocycles. The fourth-order valence-electron chi connectivity index (χ4n) is 3.48. The van der Waals surface area contributed by atoms with Crippen molar-refractivity contribution in [1.82, 2.24) is 25.0 Å². The molecule has 8 nitrogen and oxygen atoms in total. The van der Waals surface area contributed by atoms with Crippen LogP contribution in [0.2, 0.25) is 0 Å². The molecule has 0 saturated carbocycles. The Morgan fingerprint density at radius 1 is 0.815 bits per heavy atom. The number of hydrogen-bond donors (Lipinski definition) is 0. The number of likely N-dealkylation sites (N-methyl/N-ethyl adjacent to an activating group) is 1. The molecular formula is C19H25N7O. The molecule has 0 aliphatic carbocycles. The minimum Gasteiger partial charge on any atom is -0.353 e. The van der Waals surface area contributed by atoms with Crippen LogP contribution >= 0.6 is 0 Å². The molecular weight excluding hydrogens is 342 g/mol. The van der Waals surface area contributed by atoms with Crippen LogP contribution in [0, 0.1) is 0 Å². The second-order valence-corrected chi connectivity index (χ2v) is 7.03. The number of carbonyl (C=O) groups excluding carboxylic acids is 1. The lowest BCUT2D eigenvalue weighted by Gasteiger charge is -2.35. The second kappa shape index (κ2) is 7.87. The standard InChI is InChI=1S/C19H25N7O/c1-23-8-10-25(11-9-23)18-6-5-16(21-22-18)19(27)26-14-12-24(13-15-26)17-4-2-3-7-20-17/h2-7H,8-15H2,1H3. The number of pyridine rings is 1. The number of carbonyl (C=O) groups is 1. The molecule has 0 N–H and O–H groups in total. The van der Waals surface area contributed by atoms with Crippen LogP contribution in [-0.2, 0) is 0 Å². The lowest BCUT2D eigenvalue weighted by Crippen LogP contribution is -2.49. The van der Waals surface area contributed by atoms with Gasteiger partial charge < -0.3 is 19.6 Å². The predicted octanol–water partition coefficient (Wildman–Crippen LogP) is 0.586. The van der Waals surface area contributed by atoms with E-state index >= 15 is 0 Å². The van der Waals surface area contributed by atoms with Crippen LogP contribution in [0.1, 0.15) is 10.5 Å². The van der Waals surface area contributed by atoms with Crippen LogP contribution in [0.5, 0.6) is 0 Å². The number of amides is 1. The van der Waals surface area contributed by atoms with Crippen molar-refractivity contribution in [2.24, 2.45) is 0 Å². The summed E-state index contributed by atoms with van der Waals surface area (Å²) in [4.78, 5) is 25.7. The third kappa shape index (κ3) is 4.00. The first-order valence-electron chi connectivity index (χ1n) is 9.43. The smallest absolute Gasteiger partial charge is 0.274 e. The molecule has 142 valence electrons. The number of anilines is 2. The molecule has 2 aromatic heterocycles. The summed E-state index contributed by atoms with van der Waals surface area (Å²) in [6.07, 6.45) is 1.80. The zero-order valence-electron chi connectivity index (χ0n) is 15.7. The van der Waals surface area contributed by atoms with Gasteiger partial charge in [-0.2, -0.15) is 0 Å². The van der Waals surface area contributed by atoms with Crippen molar-refractivity contribution >= 4 is 17.5 Å². The van der Waals surface area contributed by atoms with Crippen LogP contribution in [0.3, 0.4) is 0 Å². The van der Waals surface area contributed by atoms with E-state index in [1.54, 1.807) is 12.3 Å². The Hall–Kier alpha value is -2.74. The van der Waals surface area contributed by atoms with Crippen LogP contribution in [0.4, 0.5) is 11.6 Å². The number of aromatic nitrogens is 3. The Morgan fingerprint density at radius 2 is 1.52 bits per heavy atom. The quantitative estimate of drug-likeness (QED) is 0.786. The molecule has 0 aromatic carbocycles. The molecule has 2 aromatic rings. The maximum atomic E-state index is 12.7. The van der Waals surface area contributed by atoms with Crippen LogP contribution in [-0.4, -0.2) is 90.3 Å². The van der Waals surface area contributed by atoms with E-state index in [1.807, 2.05) is 29.2 Å². The van der Waals surface area contributed by atoms with Crippen molar-refractivity contribution in [1.29, 1.82) is 0 Å². The summed E-state index contributed by atoms with van der Waals surface area (Å²) in [6.45, 7) is 6.79. The van der Waals surface area contributed by atoms with Gasteiger partial charge in [-0.1, -0.05) is 6.07 Å². The van der Waals surface area contributed by atoms with E-state index in [4.69, 9.17) is 0 Å². The molecule has 2 aliphatic heterocycles. The van der Waals surface area contributed by atoms with Gasteiger partial charge in [0, 0.05) is 58.6 Å². The third-order valence-corrected chi connectivity index (χ3v) is 5.24. The first kappa shape index (κ1) is 17.7. The summed E-state index contributed by atoms with van der Waals surface area (Å²) in [5.41, 5.74) is 0.416. The lowest BCUT2D eigenvalue weighted by molar-refractivity contribution is 0.0739. The van der Waals surface area contributed by atoms with Crippen molar-refractivity contribution in [3.05, 3.63) is 42.2 Å². The van der Waals surface area contributed by atoms with E-state index in [0.717, 1.165) is 50.9 Å². The summed E-state index contributed by atoms with van der Waals surface area (Å²) in [5.74, 6) is 1.76. The average Bonchev–Trinajstić information content (AvgIpc) is 2.75. The average molecular weight is 367 g/mol. The second-order valence-electron chi connectivity index (χ2n) is 7.03. The zero-order valence-corrected chi connectivity index (χ0v) is 15.7. The van der Waals surface area contributed by atoms with Crippen molar-refractivity contribution in [3.63, 3.8) is 0 Å². The van der Waals surface area contributed by atoms with E-state index in [1.165, 1.54) is 0 Å². The molecule has 0 atom stereocenters. The maximum Gasteiger partial charge on any atom is 0.274 e. The first-order chi connectivity index (χ1) is 13.2. The Kier molecular flexibility index (Phi) is 5.15. The van der Waals surface area contributed by atoms with Gasteiger partial charge in [-0.05, 0) is 31.3 Å². The van der Waals surface area contributed by atoms with Gasteiger partial charge in [0.15, 0.2) is 11.5 Å². The van der Waals surface area contributed by atoms with Gasteiger partial charge in [-0.25, -0.2) is 4.98 Å². The Morgan fingerprint density at radius 3 is 2.15 bits per heavy atom. The third-order valence-electron chi connectivity index (χ3n) is 5.24. The fraction of sp³-hybridized carbons (Fsp3) is 0.474. The van der Waals surface area contributed by atoms with Gasteiger partial charge in [0.2, 0.25) is 0 Å². The summed E-state index contributed by atoms with van der Waals surface area (Å²) in [7, 11) is 2.12. The molecule has 2 aliphatic rings. The van der Waals surface area contributed by atoms with Crippen LogP contribution < -0.4 is 9.80 Å². The van der Waals surface area contributed by atoms with E-state index in [2.05, 4.69) is 36.9 Å². The van der Waals surface area contributed by atoms with Gasteiger partial charge in [-0.3, -0.25) is 4.79 Å². The highest BCUT2D eigenvalue weighted by molar-refractivity contribution is 5.92. The van der Waals surface area contributed by atoms with Crippen molar-refractivity contribution in [2.75, 3.05) is 69.2 Å². The number of piperazine rings is 2. The molecule has 8 heteroatoms. The van der Waals surface area contributed by atoms with E-state index in [9.17, 15) is 4.79 Å². The van der Waals surface area contributed by atoms with Gasteiger partial charge >= 0.3 is 0 Å². The highest BCUT2D eigenvalue weighted by atomic mass is 16.2. The molecule has 2 saturated heterocycles. The van der Waals surface area contributed by atoms with Gasteiger partial charge in [0.05, 0.1) is 0 Å². The van der Waals surface area contributed by atoms with Gasteiger partial charge in [-0.15, -0.1) is 10.2 Å². The number of nitrogens with zero attached hydrogens (tertiary/aromatic N) is 7. The molecule has 0 radical (unpaired) electrons. The first-order valence-corrected chi connectivity index (χ1v) is 9.43. The molecule has 0 spiro atoms. The van der Waals surface area contributed by atoms with Crippen molar-refractivity contribution in [3.8, 4) is 0 Å². The van der Waals surface area contributed by atoms with Gasteiger partial charge in [0.1, 0.15) is 5.82 Å². The molecule has 0 unspecified atom stereocenters. The summed E-state index contributed by atoms with van der Waals surface area (Å²) in [5, 5.41) is 8.50. The summed E-state index contributed by atoms with van der Waals surface area (Å²) in [6, 6.07) is 9.61. The van der Waals surface area contributed by atoms with E-state index < -0.39 is 0 Å². The Labute approximate surface area is 159 Å². The molecule has 2 fully saturated rings. The van der Waals surface area contributed by atoms with Crippen molar-refractivity contribution in [2.45, 2.75) is 0 Å². The van der Waals surface area contributed by atoms with E-state index in [0.29, 0.717) is 18.8 Å². The van der Waals surface area contributed by atoms with Crippen LogP contribution in [0.15, 0.2) is 36.5 Å². The Bertz CT molecular complexity index is 751. The SMILES string of the molecule is CN1CCN(c2ccc(C(=O)N3CCN(c4ccccn4)CC3)nn2)CC1. The number of hydrogen-bond acceptors (Lipinski definition) is 7. The fourth-order valence-corrected chi connectivity index (χ4v) is 3.48. The topological polar surface area (TPSA) is 68.7 Å². The predicted molar refractivity (Wildman–Crippen MR) is 104 cm³/mol. The molecule has 1 amide bonds. The molecule has 4 rings (SSSR count).